The summed E-state index contributed by atoms with van der Waals surface area (Å²) in [6.07, 6.45) is 0. The van der Waals surface area contributed by atoms with Crippen molar-refractivity contribution in [2.24, 2.45) is 0 Å². The molecule has 0 amide bonds. The molecule has 0 radical (unpaired) electrons. The SMILES string of the molecule is CCN(CCOc1ccccc1C)CC(=O)O. The predicted molar refractivity (Wildman–Crippen MR) is 66.4 cm³/mol. The van der Waals surface area contributed by atoms with E-state index in [-0.39, 0.29) is 6.54 Å². The smallest absolute Gasteiger partial charge is 0.317 e. The first kappa shape index (κ1) is 13.5. The van der Waals surface area contributed by atoms with Gasteiger partial charge in [0, 0.05) is 6.54 Å². The predicted octanol–water partition coefficient (Wildman–Crippen LogP) is 1.78. The summed E-state index contributed by atoms with van der Waals surface area (Å²) < 4.78 is 5.62. The highest BCUT2D eigenvalue weighted by atomic mass is 16.5. The first-order chi connectivity index (χ1) is 8.13. The summed E-state index contributed by atoms with van der Waals surface area (Å²) in [4.78, 5) is 12.4. The molecule has 0 aromatic heterocycles. The van der Waals surface area contributed by atoms with Gasteiger partial charge in [-0.05, 0) is 25.1 Å². The molecule has 0 saturated carbocycles. The molecule has 1 aromatic rings. The highest BCUT2D eigenvalue weighted by molar-refractivity contribution is 5.69. The first-order valence-electron chi connectivity index (χ1n) is 5.76. The largest absolute Gasteiger partial charge is 0.492 e. The summed E-state index contributed by atoms with van der Waals surface area (Å²) in [6.45, 7) is 5.83. The van der Waals surface area contributed by atoms with Crippen molar-refractivity contribution >= 4 is 5.97 Å². The third kappa shape index (κ3) is 4.87. The van der Waals surface area contributed by atoms with Crippen LogP contribution >= 0.6 is 0 Å². The zero-order valence-corrected chi connectivity index (χ0v) is 10.3. The number of hydrogen-bond donors (Lipinski definition) is 1. The van der Waals surface area contributed by atoms with Crippen LogP contribution in [0, 0.1) is 6.92 Å². The van der Waals surface area contributed by atoms with Crippen LogP contribution in [0.5, 0.6) is 5.75 Å². The summed E-state index contributed by atoms with van der Waals surface area (Å²) in [6, 6.07) is 7.80. The molecule has 0 heterocycles. The van der Waals surface area contributed by atoms with E-state index in [4.69, 9.17) is 9.84 Å². The van der Waals surface area contributed by atoms with E-state index in [9.17, 15) is 4.79 Å². The van der Waals surface area contributed by atoms with Crippen molar-refractivity contribution in [2.75, 3.05) is 26.2 Å². The molecule has 0 saturated heterocycles. The van der Waals surface area contributed by atoms with E-state index in [1.165, 1.54) is 0 Å². The normalized spacial score (nSPS) is 10.5. The highest BCUT2D eigenvalue weighted by Crippen LogP contribution is 2.15. The molecule has 0 spiro atoms. The molecule has 4 heteroatoms. The Morgan fingerprint density at radius 1 is 1.41 bits per heavy atom. The average Bonchev–Trinajstić information content (AvgIpc) is 2.29. The number of para-hydroxylation sites is 1. The summed E-state index contributed by atoms with van der Waals surface area (Å²) in [5.74, 6) is 0.0571. The number of benzene rings is 1. The Morgan fingerprint density at radius 2 is 2.12 bits per heavy atom. The topological polar surface area (TPSA) is 49.8 Å². The van der Waals surface area contributed by atoms with Gasteiger partial charge in [-0.3, -0.25) is 9.69 Å². The van der Waals surface area contributed by atoms with Crippen LogP contribution in [-0.2, 0) is 4.79 Å². The quantitative estimate of drug-likeness (QED) is 0.785. The Morgan fingerprint density at radius 3 is 2.71 bits per heavy atom. The monoisotopic (exact) mass is 237 g/mol. The lowest BCUT2D eigenvalue weighted by molar-refractivity contribution is -0.138. The summed E-state index contributed by atoms with van der Waals surface area (Å²) >= 11 is 0. The van der Waals surface area contributed by atoms with Crippen LogP contribution in [0.2, 0.25) is 0 Å². The van der Waals surface area contributed by atoms with Gasteiger partial charge in [-0.2, -0.15) is 0 Å². The summed E-state index contributed by atoms with van der Waals surface area (Å²) in [5, 5.41) is 8.69. The summed E-state index contributed by atoms with van der Waals surface area (Å²) in [5.41, 5.74) is 1.09. The molecule has 0 bridgehead atoms. The van der Waals surface area contributed by atoms with Crippen LogP contribution in [0.4, 0.5) is 0 Å². The number of nitrogens with zero attached hydrogens (tertiary/aromatic N) is 1. The molecular weight excluding hydrogens is 218 g/mol. The Hall–Kier alpha value is -1.55. The maximum absolute atomic E-state index is 10.6. The van der Waals surface area contributed by atoms with E-state index >= 15 is 0 Å². The molecular formula is C13H19NO3. The fourth-order valence-corrected chi connectivity index (χ4v) is 1.54. The van der Waals surface area contributed by atoms with Gasteiger partial charge in [0.2, 0.25) is 0 Å². The zero-order valence-electron chi connectivity index (χ0n) is 10.3. The van der Waals surface area contributed by atoms with E-state index in [1.807, 2.05) is 43.0 Å². The second-order valence-corrected chi connectivity index (χ2v) is 3.88. The molecule has 0 aliphatic heterocycles. The molecule has 0 unspecified atom stereocenters. The number of ether oxygens (including phenoxy) is 1. The average molecular weight is 237 g/mol. The fraction of sp³-hybridized carbons (Fsp3) is 0.462. The van der Waals surface area contributed by atoms with E-state index in [2.05, 4.69) is 0 Å². The van der Waals surface area contributed by atoms with Crippen LogP contribution in [0.25, 0.3) is 0 Å². The van der Waals surface area contributed by atoms with Crippen LogP contribution in [0.15, 0.2) is 24.3 Å². The minimum Gasteiger partial charge on any atom is -0.492 e. The number of carboxylic acid groups (broad SMARTS) is 1. The summed E-state index contributed by atoms with van der Waals surface area (Å²) in [7, 11) is 0. The van der Waals surface area contributed by atoms with Crippen molar-refractivity contribution in [1.82, 2.24) is 4.90 Å². The van der Waals surface area contributed by atoms with Crippen molar-refractivity contribution in [1.29, 1.82) is 0 Å². The van der Waals surface area contributed by atoms with Gasteiger partial charge < -0.3 is 9.84 Å². The van der Waals surface area contributed by atoms with Crippen LogP contribution in [0.3, 0.4) is 0 Å². The van der Waals surface area contributed by atoms with Crippen molar-refractivity contribution < 1.29 is 14.6 Å². The van der Waals surface area contributed by atoms with Crippen LogP contribution < -0.4 is 4.74 Å². The minimum absolute atomic E-state index is 0.0631. The molecule has 94 valence electrons. The molecule has 17 heavy (non-hydrogen) atoms. The van der Waals surface area contributed by atoms with Crippen LogP contribution in [0.1, 0.15) is 12.5 Å². The minimum atomic E-state index is -0.803. The molecule has 0 aliphatic rings. The number of carbonyl (C=O) groups is 1. The number of rotatable bonds is 7. The third-order valence-electron chi connectivity index (χ3n) is 2.56. The van der Waals surface area contributed by atoms with Gasteiger partial charge >= 0.3 is 5.97 Å². The van der Waals surface area contributed by atoms with Gasteiger partial charge in [0.05, 0.1) is 6.54 Å². The molecule has 0 fully saturated rings. The van der Waals surface area contributed by atoms with Crippen LogP contribution in [-0.4, -0.2) is 42.2 Å². The van der Waals surface area contributed by atoms with E-state index < -0.39 is 5.97 Å². The zero-order chi connectivity index (χ0) is 12.7. The molecule has 4 nitrogen and oxygen atoms in total. The molecule has 0 aliphatic carbocycles. The Labute approximate surface area is 102 Å². The van der Waals surface area contributed by atoms with Gasteiger partial charge in [0.25, 0.3) is 0 Å². The number of carboxylic acids is 1. The lowest BCUT2D eigenvalue weighted by Gasteiger charge is -2.18. The lowest BCUT2D eigenvalue weighted by atomic mass is 10.2. The Bertz CT molecular complexity index is 365. The maximum Gasteiger partial charge on any atom is 0.317 e. The second kappa shape index (κ2) is 6.91. The highest BCUT2D eigenvalue weighted by Gasteiger charge is 2.07. The first-order valence-corrected chi connectivity index (χ1v) is 5.76. The van der Waals surface area contributed by atoms with Crippen molar-refractivity contribution in [3.63, 3.8) is 0 Å². The van der Waals surface area contributed by atoms with E-state index in [0.717, 1.165) is 11.3 Å². The van der Waals surface area contributed by atoms with Crippen molar-refractivity contribution in [3.05, 3.63) is 29.8 Å². The van der Waals surface area contributed by atoms with Gasteiger partial charge in [0.15, 0.2) is 0 Å². The molecule has 1 rings (SSSR count). The molecule has 0 atom stereocenters. The van der Waals surface area contributed by atoms with Gasteiger partial charge in [0.1, 0.15) is 12.4 Å². The lowest BCUT2D eigenvalue weighted by Crippen LogP contribution is -2.33. The van der Waals surface area contributed by atoms with E-state index in [0.29, 0.717) is 19.7 Å². The van der Waals surface area contributed by atoms with Gasteiger partial charge in [-0.25, -0.2) is 0 Å². The number of aliphatic carboxylic acids is 1. The Kier molecular flexibility index (Phi) is 5.49. The number of likely N-dealkylation sites (N-methyl/N-ethyl adjacent to an activating group) is 1. The van der Waals surface area contributed by atoms with Gasteiger partial charge in [-0.15, -0.1) is 0 Å². The fourth-order valence-electron chi connectivity index (χ4n) is 1.54. The van der Waals surface area contributed by atoms with Crippen molar-refractivity contribution in [3.8, 4) is 5.75 Å². The van der Waals surface area contributed by atoms with E-state index in [1.54, 1.807) is 0 Å². The third-order valence-corrected chi connectivity index (χ3v) is 2.56. The standard InChI is InChI=1S/C13H19NO3/c1-3-14(10-13(15)16)8-9-17-12-7-5-4-6-11(12)2/h4-7H,3,8-10H2,1-2H3,(H,15,16). The number of hydrogen-bond acceptors (Lipinski definition) is 3. The Balaban J connectivity index is 2.36. The molecule has 1 aromatic carbocycles. The second-order valence-electron chi connectivity index (χ2n) is 3.88. The van der Waals surface area contributed by atoms with Gasteiger partial charge in [-0.1, -0.05) is 25.1 Å². The maximum atomic E-state index is 10.6. The van der Waals surface area contributed by atoms with Crippen molar-refractivity contribution in [2.45, 2.75) is 13.8 Å². The number of aryl methyl sites for hydroxylation is 1. The molecule has 1 N–H and O–H groups in total.